The van der Waals surface area contributed by atoms with Crippen molar-refractivity contribution in [2.24, 2.45) is 11.8 Å². The Hall–Kier alpha value is -1.54. The Kier molecular flexibility index (Phi) is 7.52. The van der Waals surface area contributed by atoms with Gasteiger partial charge in [-0.25, -0.2) is 21.9 Å². The number of unbranched alkanes of at least 4 members (excludes halogenated alkanes) is 2. The number of carboxylic acids is 1. The summed E-state index contributed by atoms with van der Waals surface area (Å²) >= 11 is 0. The average Bonchev–Trinajstić information content (AvgIpc) is 2.93. The molecular weight excluding hydrogens is 364 g/mol. The number of rotatable bonds is 10. The number of carboxylic acid groups (broad SMARTS) is 1. The van der Waals surface area contributed by atoms with E-state index in [4.69, 9.17) is 5.11 Å². The van der Waals surface area contributed by atoms with Crippen molar-refractivity contribution in [3.05, 3.63) is 30.1 Å². The van der Waals surface area contributed by atoms with E-state index < -0.39 is 28.0 Å². The van der Waals surface area contributed by atoms with Crippen molar-refractivity contribution in [3.63, 3.8) is 0 Å². The molecule has 0 amide bonds. The summed E-state index contributed by atoms with van der Waals surface area (Å²) in [4.78, 5) is 10.5. The van der Waals surface area contributed by atoms with Crippen molar-refractivity contribution >= 4 is 16.0 Å². The van der Waals surface area contributed by atoms with Crippen LogP contribution in [0.4, 0.5) is 8.78 Å². The number of aliphatic carboxylic acids is 1. The van der Waals surface area contributed by atoms with Gasteiger partial charge in [0.25, 0.3) is 0 Å². The number of carbonyl (C=O) groups is 1. The predicted molar refractivity (Wildman–Crippen MR) is 93.4 cm³/mol. The summed E-state index contributed by atoms with van der Waals surface area (Å²) in [6.45, 7) is 0.153. The SMILES string of the molecule is O=C(O)CCCCC[C@@H]1[C@@H](CNS(=O)(=O)c2ccc(F)cc2)CC[C@H]1F. The van der Waals surface area contributed by atoms with Crippen molar-refractivity contribution < 1.29 is 27.1 Å². The first kappa shape index (κ1) is 20.8. The lowest BCUT2D eigenvalue weighted by molar-refractivity contribution is -0.137. The van der Waals surface area contributed by atoms with E-state index in [2.05, 4.69) is 4.72 Å². The van der Waals surface area contributed by atoms with E-state index in [1.165, 1.54) is 12.1 Å². The molecule has 0 heterocycles. The van der Waals surface area contributed by atoms with E-state index in [1.807, 2.05) is 0 Å². The zero-order valence-electron chi connectivity index (χ0n) is 14.5. The van der Waals surface area contributed by atoms with Gasteiger partial charge in [-0.2, -0.15) is 0 Å². The lowest BCUT2D eigenvalue weighted by Gasteiger charge is -2.21. The van der Waals surface area contributed by atoms with Gasteiger partial charge in [-0.3, -0.25) is 4.79 Å². The summed E-state index contributed by atoms with van der Waals surface area (Å²) in [6.07, 6.45) is 2.86. The van der Waals surface area contributed by atoms with Crippen LogP contribution in [0.25, 0.3) is 0 Å². The summed E-state index contributed by atoms with van der Waals surface area (Å²) in [5.74, 6) is -1.64. The quantitative estimate of drug-likeness (QED) is 0.600. The van der Waals surface area contributed by atoms with Gasteiger partial charge in [-0.15, -0.1) is 0 Å². The lowest BCUT2D eigenvalue weighted by atomic mass is 9.90. The van der Waals surface area contributed by atoms with Gasteiger partial charge in [0.1, 0.15) is 12.0 Å². The molecule has 0 aromatic heterocycles. The monoisotopic (exact) mass is 389 g/mol. The molecule has 1 aromatic rings. The van der Waals surface area contributed by atoms with Gasteiger partial charge < -0.3 is 5.11 Å². The van der Waals surface area contributed by atoms with Crippen molar-refractivity contribution in [1.29, 1.82) is 0 Å². The Morgan fingerprint density at radius 2 is 1.85 bits per heavy atom. The van der Waals surface area contributed by atoms with E-state index in [1.54, 1.807) is 0 Å². The highest BCUT2D eigenvalue weighted by atomic mass is 32.2. The van der Waals surface area contributed by atoms with E-state index >= 15 is 0 Å². The number of halogens is 2. The molecule has 3 atom stereocenters. The van der Waals surface area contributed by atoms with E-state index in [-0.39, 0.29) is 29.7 Å². The normalized spacial score (nSPS) is 23.2. The fourth-order valence-electron chi connectivity index (χ4n) is 3.51. The molecule has 146 valence electrons. The van der Waals surface area contributed by atoms with Crippen LogP contribution in [-0.4, -0.2) is 32.2 Å². The van der Waals surface area contributed by atoms with Crippen LogP contribution >= 0.6 is 0 Å². The van der Waals surface area contributed by atoms with Crippen LogP contribution in [-0.2, 0) is 14.8 Å². The summed E-state index contributed by atoms with van der Waals surface area (Å²) in [7, 11) is -3.75. The van der Waals surface area contributed by atoms with Crippen LogP contribution in [0.15, 0.2) is 29.2 Å². The lowest BCUT2D eigenvalue weighted by Crippen LogP contribution is -2.32. The first-order chi connectivity index (χ1) is 12.3. The zero-order chi connectivity index (χ0) is 19.2. The van der Waals surface area contributed by atoms with Gasteiger partial charge in [0, 0.05) is 13.0 Å². The van der Waals surface area contributed by atoms with Crippen LogP contribution in [0.3, 0.4) is 0 Å². The van der Waals surface area contributed by atoms with Crippen LogP contribution in [0, 0.1) is 17.7 Å². The minimum Gasteiger partial charge on any atom is -0.481 e. The van der Waals surface area contributed by atoms with Crippen LogP contribution < -0.4 is 4.72 Å². The Balaban J connectivity index is 1.84. The predicted octanol–water partition coefficient (Wildman–Crippen LogP) is 3.50. The maximum Gasteiger partial charge on any atom is 0.303 e. The molecule has 0 radical (unpaired) electrons. The molecule has 1 aliphatic rings. The Bertz CT molecular complexity index is 694. The molecule has 0 spiro atoms. The van der Waals surface area contributed by atoms with Crippen molar-refractivity contribution in [2.75, 3.05) is 6.54 Å². The largest absolute Gasteiger partial charge is 0.481 e. The molecule has 0 saturated heterocycles. The average molecular weight is 389 g/mol. The Morgan fingerprint density at radius 3 is 2.50 bits per heavy atom. The second kappa shape index (κ2) is 9.41. The van der Waals surface area contributed by atoms with Gasteiger partial charge in [-0.05, 0) is 61.8 Å². The third kappa shape index (κ3) is 6.02. The number of benzene rings is 1. The molecule has 5 nitrogen and oxygen atoms in total. The van der Waals surface area contributed by atoms with Crippen molar-refractivity contribution in [2.45, 2.75) is 56.0 Å². The first-order valence-electron chi connectivity index (χ1n) is 8.90. The molecule has 2 rings (SSSR count). The molecule has 1 aromatic carbocycles. The Labute approximate surface area is 152 Å². The van der Waals surface area contributed by atoms with E-state index in [9.17, 15) is 22.0 Å². The minimum atomic E-state index is -3.75. The van der Waals surface area contributed by atoms with Crippen LogP contribution in [0.5, 0.6) is 0 Å². The second-order valence-electron chi connectivity index (χ2n) is 6.82. The first-order valence-corrected chi connectivity index (χ1v) is 10.4. The van der Waals surface area contributed by atoms with Gasteiger partial charge in [0.2, 0.25) is 10.0 Å². The fourth-order valence-corrected chi connectivity index (χ4v) is 4.61. The van der Waals surface area contributed by atoms with E-state index in [0.717, 1.165) is 25.0 Å². The van der Waals surface area contributed by atoms with Crippen molar-refractivity contribution in [3.8, 4) is 0 Å². The number of nitrogens with one attached hydrogen (secondary N) is 1. The summed E-state index contributed by atoms with van der Waals surface area (Å²) in [6, 6.07) is 4.57. The van der Waals surface area contributed by atoms with Crippen LogP contribution in [0.2, 0.25) is 0 Å². The van der Waals surface area contributed by atoms with Gasteiger partial charge in [0.05, 0.1) is 4.90 Å². The summed E-state index contributed by atoms with van der Waals surface area (Å²) in [5.41, 5.74) is 0. The maximum atomic E-state index is 14.1. The van der Waals surface area contributed by atoms with Crippen molar-refractivity contribution in [1.82, 2.24) is 4.72 Å². The molecule has 1 fully saturated rings. The fraction of sp³-hybridized carbons (Fsp3) is 0.611. The molecule has 0 bridgehead atoms. The number of alkyl halides is 1. The molecule has 0 aliphatic heterocycles. The standard InChI is InChI=1S/C18H25F2NO4S/c19-14-7-9-15(10-8-14)26(24,25)21-12-13-6-11-17(20)16(13)4-2-1-3-5-18(22)23/h7-10,13,16-17,21H,1-6,11-12H2,(H,22,23)/t13-,16-,17-/m1/s1. The molecular formula is C18H25F2NO4S. The highest BCUT2D eigenvalue weighted by molar-refractivity contribution is 7.89. The topological polar surface area (TPSA) is 83.5 Å². The smallest absolute Gasteiger partial charge is 0.303 e. The van der Waals surface area contributed by atoms with Gasteiger partial charge >= 0.3 is 5.97 Å². The number of hydrogen-bond donors (Lipinski definition) is 2. The molecule has 1 saturated carbocycles. The molecule has 8 heteroatoms. The molecule has 0 unspecified atom stereocenters. The minimum absolute atomic E-state index is 0.0149. The number of sulfonamides is 1. The molecule has 1 aliphatic carbocycles. The highest BCUT2D eigenvalue weighted by Crippen LogP contribution is 2.37. The molecule has 26 heavy (non-hydrogen) atoms. The third-order valence-corrected chi connectivity index (χ3v) is 6.41. The molecule has 2 N–H and O–H groups in total. The van der Waals surface area contributed by atoms with E-state index in [0.29, 0.717) is 25.7 Å². The second-order valence-corrected chi connectivity index (χ2v) is 8.58. The van der Waals surface area contributed by atoms with Gasteiger partial charge in [-0.1, -0.05) is 12.8 Å². The Morgan fingerprint density at radius 1 is 1.15 bits per heavy atom. The summed E-state index contributed by atoms with van der Waals surface area (Å²) in [5, 5.41) is 8.62. The van der Waals surface area contributed by atoms with Crippen LogP contribution in [0.1, 0.15) is 44.9 Å². The third-order valence-electron chi connectivity index (χ3n) is 4.97. The maximum absolute atomic E-state index is 14.1. The van der Waals surface area contributed by atoms with Gasteiger partial charge in [0.15, 0.2) is 0 Å². The highest BCUT2D eigenvalue weighted by Gasteiger charge is 2.36. The zero-order valence-corrected chi connectivity index (χ0v) is 15.4. The summed E-state index contributed by atoms with van der Waals surface area (Å²) < 4.78 is 54.1. The number of hydrogen-bond acceptors (Lipinski definition) is 3.